The lowest BCUT2D eigenvalue weighted by atomic mass is 9.93. The minimum absolute atomic E-state index is 0.0776. The van der Waals surface area contributed by atoms with Gasteiger partial charge in [0.25, 0.3) is 0 Å². The molecule has 4 heteroatoms. The number of likely N-dealkylation sites (tertiary alicyclic amines) is 2. The zero-order chi connectivity index (χ0) is 20.2. The second-order valence-electron chi connectivity index (χ2n) is 8.58. The average Bonchev–Trinajstić information content (AvgIpc) is 3.22. The molecule has 2 aromatic carbocycles. The zero-order valence-electron chi connectivity index (χ0n) is 17.5. The fourth-order valence-corrected chi connectivity index (χ4v) is 5.04. The topological polar surface area (TPSA) is 40.6 Å². The molecule has 2 heterocycles. The number of nitrogens with zero attached hydrogens (tertiary/aromatic N) is 2. The maximum absolute atomic E-state index is 13.3. The lowest BCUT2D eigenvalue weighted by Crippen LogP contribution is -2.46. The monoisotopic (exact) mass is 392 g/mol. The number of benzene rings is 2. The Balaban J connectivity index is 1.41. The first-order chi connectivity index (χ1) is 14.2. The van der Waals surface area contributed by atoms with Crippen molar-refractivity contribution in [3.63, 3.8) is 0 Å². The SMILES string of the molecule is CCCC(=O)N1CCC(C(=O)N2CCC[C@@H]2Cc2cccc3ccccc23)CC1. The van der Waals surface area contributed by atoms with Gasteiger partial charge < -0.3 is 9.80 Å². The number of hydrogen-bond donors (Lipinski definition) is 0. The van der Waals surface area contributed by atoms with Gasteiger partial charge in [0.2, 0.25) is 11.8 Å². The van der Waals surface area contributed by atoms with Crippen LogP contribution in [-0.4, -0.2) is 47.3 Å². The quantitative estimate of drug-likeness (QED) is 0.756. The molecule has 154 valence electrons. The summed E-state index contributed by atoms with van der Waals surface area (Å²) in [6.07, 6.45) is 6.25. The number of carbonyl (C=O) groups excluding carboxylic acids is 2. The molecule has 0 spiro atoms. The molecule has 0 bridgehead atoms. The summed E-state index contributed by atoms with van der Waals surface area (Å²) in [6, 6.07) is 15.3. The number of carbonyl (C=O) groups is 2. The Morgan fingerprint density at radius 3 is 2.52 bits per heavy atom. The lowest BCUT2D eigenvalue weighted by Gasteiger charge is -2.35. The molecular formula is C25H32N2O2. The van der Waals surface area contributed by atoms with Gasteiger partial charge in [-0.05, 0) is 54.9 Å². The fourth-order valence-electron chi connectivity index (χ4n) is 5.04. The Labute approximate surface area is 173 Å². The normalized spacial score (nSPS) is 20.4. The number of piperidine rings is 1. The van der Waals surface area contributed by atoms with Crippen molar-refractivity contribution in [3.8, 4) is 0 Å². The van der Waals surface area contributed by atoms with Crippen molar-refractivity contribution in [2.24, 2.45) is 5.92 Å². The highest BCUT2D eigenvalue weighted by molar-refractivity contribution is 5.86. The summed E-state index contributed by atoms with van der Waals surface area (Å²) < 4.78 is 0. The van der Waals surface area contributed by atoms with Crippen LogP contribution in [0.15, 0.2) is 42.5 Å². The zero-order valence-corrected chi connectivity index (χ0v) is 17.5. The summed E-state index contributed by atoms with van der Waals surface area (Å²) >= 11 is 0. The van der Waals surface area contributed by atoms with E-state index in [0.717, 1.165) is 58.2 Å². The van der Waals surface area contributed by atoms with E-state index < -0.39 is 0 Å². The van der Waals surface area contributed by atoms with Crippen LogP contribution in [-0.2, 0) is 16.0 Å². The summed E-state index contributed by atoms with van der Waals surface area (Å²) in [5.74, 6) is 0.637. The third kappa shape index (κ3) is 4.31. The van der Waals surface area contributed by atoms with Gasteiger partial charge in [0.15, 0.2) is 0 Å². The van der Waals surface area contributed by atoms with E-state index >= 15 is 0 Å². The molecule has 0 radical (unpaired) electrons. The van der Waals surface area contributed by atoms with Crippen LogP contribution in [0.3, 0.4) is 0 Å². The highest BCUT2D eigenvalue weighted by Gasteiger charge is 2.35. The lowest BCUT2D eigenvalue weighted by molar-refractivity contribution is -0.141. The van der Waals surface area contributed by atoms with Gasteiger partial charge >= 0.3 is 0 Å². The molecule has 0 N–H and O–H groups in total. The molecule has 4 rings (SSSR count). The number of rotatable bonds is 5. The van der Waals surface area contributed by atoms with Crippen LogP contribution in [0.5, 0.6) is 0 Å². The van der Waals surface area contributed by atoms with Gasteiger partial charge in [0.1, 0.15) is 0 Å². The molecule has 0 aliphatic carbocycles. The summed E-state index contributed by atoms with van der Waals surface area (Å²) in [6.45, 7) is 4.38. The van der Waals surface area contributed by atoms with Gasteiger partial charge in [0, 0.05) is 38.0 Å². The number of hydrogen-bond acceptors (Lipinski definition) is 2. The van der Waals surface area contributed by atoms with E-state index in [2.05, 4.69) is 47.4 Å². The third-order valence-corrected chi connectivity index (χ3v) is 6.66. The first-order valence-corrected chi connectivity index (χ1v) is 11.2. The van der Waals surface area contributed by atoms with Gasteiger partial charge in [-0.15, -0.1) is 0 Å². The van der Waals surface area contributed by atoms with Crippen molar-refractivity contribution >= 4 is 22.6 Å². The highest BCUT2D eigenvalue weighted by atomic mass is 16.2. The van der Waals surface area contributed by atoms with E-state index in [1.54, 1.807) is 0 Å². The molecule has 2 saturated heterocycles. The Morgan fingerprint density at radius 1 is 0.966 bits per heavy atom. The molecule has 1 atom stereocenters. The predicted octanol–water partition coefficient (Wildman–Crippen LogP) is 4.41. The van der Waals surface area contributed by atoms with Crippen LogP contribution in [0.25, 0.3) is 10.8 Å². The largest absolute Gasteiger partial charge is 0.343 e. The molecule has 4 nitrogen and oxygen atoms in total. The van der Waals surface area contributed by atoms with Crippen molar-refractivity contribution in [1.82, 2.24) is 9.80 Å². The molecule has 2 aromatic rings. The Morgan fingerprint density at radius 2 is 1.72 bits per heavy atom. The Kier molecular flexibility index (Phi) is 6.17. The summed E-state index contributed by atoms with van der Waals surface area (Å²) in [5.41, 5.74) is 1.34. The van der Waals surface area contributed by atoms with Crippen LogP contribution < -0.4 is 0 Å². The fraction of sp³-hybridized carbons (Fsp3) is 0.520. The second-order valence-corrected chi connectivity index (χ2v) is 8.58. The summed E-state index contributed by atoms with van der Waals surface area (Å²) in [7, 11) is 0. The molecule has 0 unspecified atom stereocenters. The standard InChI is InChI=1S/C25H32N2O2/c1-2-7-24(28)26-16-13-20(14-17-26)25(29)27-15-6-11-22(27)18-21-10-5-9-19-8-3-4-12-23(19)21/h3-5,8-10,12,20,22H,2,6-7,11,13-18H2,1H3/t22-/m1/s1. The minimum atomic E-state index is 0.0776. The van der Waals surface area contributed by atoms with Crippen LogP contribution in [0.4, 0.5) is 0 Å². The van der Waals surface area contributed by atoms with E-state index in [1.807, 2.05) is 11.8 Å². The predicted molar refractivity (Wildman–Crippen MR) is 117 cm³/mol. The van der Waals surface area contributed by atoms with Crippen molar-refractivity contribution in [1.29, 1.82) is 0 Å². The maximum atomic E-state index is 13.3. The Hall–Kier alpha value is -2.36. The number of amides is 2. The smallest absolute Gasteiger partial charge is 0.226 e. The average molecular weight is 393 g/mol. The Bertz CT molecular complexity index is 865. The van der Waals surface area contributed by atoms with Gasteiger partial charge in [-0.25, -0.2) is 0 Å². The van der Waals surface area contributed by atoms with Crippen molar-refractivity contribution in [3.05, 3.63) is 48.0 Å². The molecule has 2 amide bonds. The van der Waals surface area contributed by atoms with Crippen LogP contribution in [0.1, 0.15) is 51.0 Å². The van der Waals surface area contributed by atoms with E-state index in [0.29, 0.717) is 18.4 Å². The van der Waals surface area contributed by atoms with E-state index in [4.69, 9.17) is 0 Å². The first-order valence-electron chi connectivity index (χ1n) is 11.2. The molecule has 0 aromatic heterocycles. The highest BCUT2D eigenvalue weighted by Crippen LogP contribution is 2.29. The molecule has 2 fully saturated rings. The minimum Gasteiger partial charge on any atom is -0.343 e. The van der Waals surface area contributed by atoms with E-state index in [1.165, 1.54) is 16.3 Å². The van der Waals surface area contributed by atoms with Crippen LogP contribution in [0, 0.1) is 5.92 Å². The number of fused-ring (bicyclic) bond motifs is 1. The first kappa shape index (κ1) is 19.9. The molecule has 2 aliphatic rings. The summed E-state index contributed by atoms with van der Waals surface area (Å²) in [4.78, 5) is 29.5. The van der Waals surface area contributed by atoms with E-state index in [9.17, 15) is 9.59 Å². The van der Waals surface area contributed by atoms with Crippen molar-refractivity contribution in [2.45, 2.75) is 57.9 Å². The second kappa shape index (κ2) is 8.98. The molecule has 2 aliphatic heterocycles. The van der Waals surface area contributed by atoms with Crippen LogP contribution in [0.2, 0.25) is 0 Å². The third-order valence-electron chi connectivity index (χ3n) is 6.66. The van der Waals surface area contributed by atoms with Crippen LogP contribution >= 0.6 is 0 Å². The van der Waals surface area contributed by atoms with E-state index in [-0.39, 0.29) is 11.8 Å². The summed E-state index contributed by atoms with van der Waals surface area (Å²) in [5, 5.41) is 2.57. The molecule has 29 heavy (non-hydrogen) atoms. The van der Waals surface area contributed by atoms with Crippen molar-refractivity contribution < 1.29 is 9.59 Å². The van der Waals surface area contributed by atoms with Gasteiger partial charge in [-0.3, -0.25) is 9.59 Å². The van der Waals surface area contributed by atoms with Gasteiger partial charge in [0.05, 0.1) is 0 Å². The molecule has 0 saturated carbocycles. The van der Waals surface area contributed by atoms with Crippen molar-refractivity contribution in [2.75, 3.05) is 19.6 Å². The maximum Gasteiger partial charge on any atom is 0.226 e. The molecular weight excluding hydrogens is 360 g/mol. The van der Waals surface area contributed by atoms with Gasteiger partial charge in [-0.1, -0.05) is 49.4 Å². The van der Waals surface area contributed by atoms with Gasteiger partial charge in [-0.2, -0.15) is 0 Å².